The Morgan fingerprint density at radius 2 is 1.42 bits per heavy atom. The fourth-order valence-electron chi connectivity index (χ4n) is 4.12. The normalized spacial score (nSPS) is 17.4. The topological polar surface area (TPSA) is 102 Å². The molecule has 3 aromatic rings. The molecular weight excluding hydrogens is 508 g/mol. The average Bonchev–Trinajstić information content (AvgIpc) is 2.93. The van der Waals surface area contributed by atoms with Gasteiger partial charge in [0.1, 0.15) is 6.61 Å². The van der Waals surface area contributed by atoms with Gasteiger partial charge < -0.3 is 14.8 Å². The molecule has 8 nitrogen and oxygen atoms in total. The van der Waals surface area contributed by atoms with Gasteiger partial charge in [0.25, 0.3) is 5.91 Å². The summed E-state index contributed by atoms with van der Waals surface area (Å²) in [7, 11) is 0. The summed E-state index contributed by atoms with van der Waals surface area (Å²) in [6.07, 6.45) is -1.83. The van der Waals surface area contributed by atoms with Gasteiger partial charge in [-0.1, -0.05) is 103 Å². The third-order valence-corrected chi connectivity index (χ3v) is 6.33. The molecule has 3 aromatic carbocycles. The summed E-state index contributed by atoms with van der Waals surface area (Å²) in [5.74, 6) is -2.19. The van der Waals surface area contributed by atoms with Crippen molar-refractivity contribution in [1.82, 2.24) is 10.2 Å². The number of benzene rings is 3. The molecule has 1 aliphatic rings. The maximum atomic E-state index is 13.2. The van der Waals surface area contributed by atoms with E-state index in [-0.39, 0.29) is 18.8 Å². The molecule has 1 N–H and O–H groups in total. The van der Waals surface area contributed by atoms with Crippen molar-refractivity contribution in [2.45, 2.75) is 37.2 Å². The van der Waals surface area contributed by atoms with E-state index in [1.165, 1.54) is 6.92 Å². The van der Waals surface area contributed by atoms with Crippen LogP contribution in [-0.2, 0) is 35.1 Å². The minimum atomic E-state index is -1.54. The van der Waals surface area contributed by atoms with Gasteiger partial charge in [-0.25, -0.2) is 4.79 Å². The van der Waals surface area contributed by atoms with Gasteiger partial charge in [-0.05, 0) is 23.6 Å². The van der Waals surface area contributed by atoms with E-state index in [4.69, 9.17) is 21.1 Å². The number of esters is 1. The number of carbonyl (C=O) groups is 4. The van der Waals surface area contributed by atoms with Crippen molar-refractivity contribution in [3.05, 3.63) is 108 Å². The van der Waals surface area contributed by atoms with E-state index in [1.54, 1.807) is 24.3 Å². The molecule has 0 aliphatic carbocycles. The van der Waals surface area contributed by atoms with Gasteiger partial charge >= 0.3 is 5.97 Å². The molecule has 0 bridgehead atoms. The lowest BCUT2D eigenvalue weighted by Gasteiger charge is -2.47. The third-order valence-electron chi connectivity index (χ3n) is 5.94. The fraction of sp³-hybridized carbons (Fsp3) is 0.241. The van der Waals surface area contributed by atoms with Crippen LogP contribution in [0.2, 0.25) is 0 Å². The first-order valence-electron chi connectivity index (χ1n) is 12.1. The lowest BCUT2D eigenvalue weighted by molar-refractivity contribution is -0.194. The van der Waals surface area contributed by atoms with Crippen LogP contribution in [0.15, 0.2) is 91.0 Å². The Morgan fingerprint density at radius 1 is 0.895 bits per heavy atom. The predicted octanol–water partition coefficient (Wildman–Crippen LogP) is 3.39. The minimum Gasteiger partial charge on any atom is -0.450 e. The van der Waals surface area contributed by atoms with Gasteiger partial charge in [0, 0.05) is 0 Å². The van der Waals surface area contributed by atoms with Crippen LogP contribution >= 0.6 is 11.6 Å². The number of nitrogens with zero attached hydrogens (tertiary/aromatic N) is 1. The maximum absolute atomic E-state index is 13.2. The van der Waals surface area contributed by atoms with Crippen LogP contribution in [-0.4, -0.2) is 52.8 Å². The number of hydrogen-bond donors (Lipinski definition) is 1. The monoisotopic (exact) mass is 534 g/mol. The van der Waals surface area contributed by atoms with Crippen LogP contribution < -0.4 is 5.32 Å². The molecule has 0 aromatic heterocycles. The second kappa shape index (κ2) is 12.5. The summed E-state index contributed by atoms with van der Waals surface area (Å²) in [5.41, 5.74) is 0.667. The number of ketones is 1. The highest BCUT2D eigenvalue weighted by molar-refractivity contribution is 6.31. The van der Waals surface area contributed by atoms with E-state index in [0.717, 1.165) is 21.6 Å². The van der Waals surface area contributed by atoms with Crippen molar-refractivity contribution in [2.75, 3.05) is 6.61 Å². The quantitative estimate of drug-likeness (QED) is 0.175. The summed E-state index contributed by atoms with van der Waals surface area (Å²) < 4.78 is 11.4. The number of Topliss-reactive ketones (excluding diaryl/α,β-unsaturated/α-hetero) is 1. The number of ether oxygens (including phenoxy) is 2. The minimum absolute atomic E-state index is 0.0478. The Morgan fingerprint density at radius 3 is 1.95 bits per heavy atom. The number of halogens is 1. The highest BCUT2D eigenvalue weighted by Gasteiger charge is 2.54. The van der Waals surface area contributed by atoms with Crippen molar-refractivity contribution < 1.29 is 28.7 Å². The second-order valence-electron chi connectivity index (χ2n) is 8.83. The van der Waals surface area contributed by atoms with Crippen LogP contribution in [0.5, 0.6) is 0 Å². The van der Waals surface area contributed by atoms with Crippen LogP contribution in [0, 0.1) is 0 Å². The predicted molar refractivity (Wildman–Crippen MR) is 140 cm³/mol. The van der Waals surface area contributed by atoms with Crippen molar-refractivity contribution in [2.24, 2.45) is 0 Å². The van der Waals surface area contributed by atoms with E-state index in [0.29, 0.717) is 0 Å². The van der Waals surface area contributed by atoms with Gasteiger partial charge in [0.05, 0.1) is 6.42 Å². The lowest BCUT2D eigenvalue weighted by Crippen LogP contribution is -2.74. The molecule has 2 amide bonds. The Hall–Kier alpha value is -4.01. The molecule has 3 atom stereocenters. The number of rotatable bonds is 11. The van der Waals surface area contributed by atoms with Gasteiger partial charge in [-0.2, -0.15) is 0 Å². The van der Waals surface area contributed by atoms with Crippen LogP contribution in [0.4, 0.5) is 0 Å². The van der Waals surface area contributed by atoms with E-state index in [2.05, 4.69) is 5.32 Å². The average molecular weight is 535 g/mol. The van der Waals surface area contributed by atoms with Crippen molar-refractivity contribution in [3.63, 3.8) is 0 Å². The Labute approximate surface area is 225 Å². The highest BCUT2D eigenvalue weighted by atomic mass is 35.5. The molecule has 1 unspecified atom stereocenters. The first-order valence-corrected chi connectivity index (χ1v) is 12.5. The maximum Gasteiger partial charge on any atom is 0.345 e. The Balaban J connectivity index is 1.48. The lowest BCUT2D eigenvalue weighted by atomic mass is 10.0. The number of nitrogens with one attached hydrogen (secondary N) is 1. The van der Waals surface area contributed by atoms with E-state index in [9.17, 15) is 19.2 Å². The number of amides is 2. The van der Waals surface area contributed by atoms with E-state index in [1.807, 2.05) is 66.7 Å². The number of carbonyl (C=O) groups excluding carboxylic acids is 4. The molecule has 9 heteroatoms. The molecule has 0 radical (unpaired) electrons. The number of hydrogen-bond acceptors (Lipinski definition) is 6. The van der Waals surface area contributed by atoms with Crippen LogP contribution in [0.3, 0.4) is 0 Å². The summed E-state index contributed by atoms with van der Waals surface area (Å²) in [6.45, 7) is 0.999. The first-order chi connectivity index (χ1) is 18.3. The molecule has 1 fully saturated rings. The third kappa shape index (κ3) is 6.45. The van der Waals surface area contributed by atoms with Crippen molar-refractivity contribution >= 4 is 35.2 Å². The van der Waals surface area contributed by atoms with Crippen LogP contribution in [0.25, 0.3) is 0 Å². The second-order valence-corrected chi connectivity index (χ2v) is 9.24. The first kappa shape index (κ1) is 27.0. The largest absolute Gasteiger partial charge is 0.450 e. The highest BCUT2D eigenvalue weighted by Crippen LogP contribution is 2.31. The molecule has 38 heavy (non-hydrogen) atoms. The Bertz CT molecular complexity index is 1230. The van der Waals surface area contributed by atoms with Gasteiger partial charge in [0.2, 0.25) is 11.4 Å². The zero-order chi connectivity index (χ0) is 27.1. The van der Waals surface area contributed by atoms with Gasteiger partial charge in [-0.15, -0.1) is 0 Å². The standard InChI is InChI=1S/C29H27ClN2O6/c1-19(33)18-37-28-24(31-23(34)17-20-11-5-2-6-12-20)27(35)32(28)26(30)29(36)38-25(21-13-7-3-8-14-21)22-15-9-4-10-16-22/h2-16,24-26,28H,17-18H2,1H3,(H,31,34)/t24-,26?,28-/m1/s1. The number of likely N-dealkylation sites (tertiary alicyclic amines) is 1. The van der Waals surface area contributed by atoms with Crippen molar-refractivity contribution in [3.8, 4) is 0 Å². The van der Waals surface area contributed by atoms with Crippen LogP contribution in [0.1, 0.15) is 29.7 Å². The van der Waals surface area contributed by atoms with Gasteiger partial charge in [-0.3, -0.25) is 19.3 Å². The summed E-state index contributed by atoms with van der Waals surface area (Å²) in [5, 5.41) is 2.63. The Kier molecular flexibility index (Phi) is 8.89. The zero-order valence-corrected chi connectivity index (χ0v) is 21.4. The molecule has 1 heterocycles. The molecule has 0 spiro atoms. The fourth-order valence-corrected chi connectivity index (χ4v) is 4.37. The number of β-lactam (4-membered cyclic amide) rings is 1. The SMILES string of the molecule is CC(=O)CO[C@@H]1[C@H](NC(=O)Cc2ccccc2)C(=O)N1C(Cl)C(=O)OC(c1ccccc1)c1ccccc1. The molecule has 4 rings (SSSR count). The molecular formula is C29H27ClN2O6. The van der Waals surface area contributed by atoms with Gasteiger partial charge in [0.15, 0.2) is 24.2 Å². The van der Waals surface area contributed by atoms with E-state index < -0.39 is 41.7 Å². The van der Waals surface area contributed by atoms with Crippen molar-refractivity contribution in [1.29, 1.82) is 0 Å². The molecule has 1 aliphatic heterocycles. The van der Waals surface area contributed by atoms with E-state index >= 15 is 0 Å². The smallest absolute Gasteiger partial charge is 0.345 e. The number of alkyl halides is 1. The summed E-state index contributed by atoms with van der Waals surface area (Å²) in [4.78, 5) is 51.3. The summed E-state index contributed by atoms with van der Waals surface area (Å²) >= 11 is 6.44. The molecule has 0 saturated carbocycles. The zero-order valence-electron chi connectivity index (χ0n) is 20.7. The molecule has 1 saturated heterocycles. The summed E-state index contributed by atoms with van der Waals surface area (Å²) in [6, 6.07) is 26.2. The molecule has 196 valence electrons.